The summed E-state index contributed by atoms with van der Waals surface area (Å²) in [5.41, 5.74) is 0.823. The van der Waals surface area contributed by atoms with Crippen molar-refractivity contribution in [3.63, 3.8) is 0 Å². The van der Waals surface area contributed by atoms with E-state index in [1.54, 1.807) is 54.9 Å². The molecule has 0 amide bonds. The van der Waals surface area contributed by atoms with Gasteiger partial charge < -0.3 is 19.3 Å². The van der Waals surface area contributed by atoms with Gasteiger partial charge in [0.2, 0.25) is 0 Å². The molecule has 0 aliphatic carbocycles. The first kappa shape index (κ1) is 19.2. The fourth-order valence-corrected chi connectivity index (χ4v) is 2.51. The second-order valence-corrected chi connectivity index (χ2v) is 5.93. The van der Waals surface area contributed by atoms with Gasteiger partial charge in [0.25, 0.3) is 5.88 Å². The second kappa shape index (κ2) is 9.36. The Hall–Kier alpha value is -3.61. The molecule has 2 aromatic heterocycles. The van der Waals surface area contributed by atoms with Crippen LogP contribution in [0, 0.1) is 0 Å². The number of carbonyl (C=O) groups is 1. The first-order chi connectivity index (χ1) is 13.6. The monoisotopic (exact) mass is 380 g/mol. The van der Waals surface area contributed by atoms with E-state index in [-0.39, 0.29) is 5.75 Å². The van der Waals surface area contributed by atoms with E-state index < -0.39 is 5.97 Å². The van der Waals surface area contributed by atoms with E-state index in [1.807, 2.05) is 0 Å². The molecule has 0 fully saturated rings. The molecule has 0 aliphatic heterocycles. The average Bonchev–Trinajstić information content (AvgIpc) is 2.67. The number of pyridine rings is 2. The molecule has 0 saturated carbocycles. The third-order valence-corrected chi connectivity index (χ3v) is 3.75. The Morgan fingerprint density at radius 3 is 2.79 bits per heavy atom. The summed E-state index contributed by atoms with van der Waals surface area (Å²) in [4.78, 5) is 19.2. The number of ether oxygens (including phenoxy) is 3. The van der Waals surface area contributed by atoms with Gasteiger partial charge in [-0.05, 0) is 48.7 Å². The lowest BCUT2D eigenvalue weighted by molar-refractivity contribution is -0.131. The third-order valence-electron chi connectivity index (χ3n) is 3.75. The van der Waals surface area contributed by atoms with E-state index in [2.05, 4.69) is 9.97 Å². The SMILES string of the molecule is CC(=O)Oc1cccc(Oc2ncccc2OCCCc2ccncc2O)c1. The van der Waals surface area contributed by atoms with Gasteiger partial charge in [-0.15, -0.1) is 0 Å². The summed E-state index contributed by atoms with van der Waals surface area (Å²) in [5, 5.41) is 9.75. The minimum Gasteiger partial charge on any atom is -0.506 e. The number of aromatic hydroxyl groups is 1. The van der Waals surface area contributed by atoms with Gasteiger partial charge in [-0.2, -0.15) is 0 Å². The van der Waals surface area contributed by atoms with E-state index in [9.17, 15) is 9.90 Å². The van der Waals surface area contributed by atoms with Gasteiger partial charge in [0, 0.05) is 25.4 Å². The molecule has 3 aromatic rings. The van der Waals surface area contributed by atoms with Gasteiger partial charge >= 0.3 is 5.97 Å². The number of hydrogen-bond acceptors (Lipinski definition) is 7. The van der Waals surface area contributed by atoms with Crippen LogP contribution in [0.25, 0.3) is 0 Å². The van der Waals surface area contributed by atoms with Crippen molar-refractivity contribution in [1.29, 1.82) is 0 Å². The highest BCUT2D eigenvalue weighted by atomic mass is 16.5. The molecular formula is C21H20N2O5. The summed E-state index contributed by atoms with van der Waals surface area (Å²) < 4.78 is 16.6. The van der Waals surface area contributed by atoms with Gasteiger partial charge in [-0.1, -0.05) is 6.07 Å². The molecule has 3 rings (SSSR count). The summed E-state index contributed by atoms with van der Waals surface area (Å²) in [6, 6.07) is 12.0. The summed E-state index contributed by atoms with van der Waals surface area (Å²) in [6.45, 7) is 1.77. The van der Waals surface area contributed by atoms with Gasteiger partial charge in [0.05, 0.1) is 12.8 Å². The lowest BCUT2D eigenvalue weighted by Gasteiger charge is -2.12. The molecule has 2 heterocycles. The molecule has 7 nitrogen and oxygen atoms in total. The molecule has 0 saturated heterocycles. The number of carbonyl (C=O) groups excluding carboxylic acids is 1. The molecule has 28 heavy (non-hydrogen) atoms. The van der Waals surface area contributed by atoms with Crippen molar-refractivity contribution in [2.24, 2.45) is 0 Å². The third kappa shape index (κ3) is 5.44. The zero-order valence-corrected chi connectivity index (χ0v) is 15.4. The van der Waals surface area contributed by atoms with E-state index in [0.29, 0.717) is 42.6 Å². The topological polar surface area (TPSA) is 90.8 Å². The maximum absolute atomic E-state index is 11.1. The highest BCUT2D eigenvalue weighted by molar-refractivity contribution is 5.69. The fourth-order valence-electron chi connectivity index (χ4n) is 2.51. The molecule has 144 valence electrons. The van der Waals surface area contributed by atoms with Crippen LogP contribution in [0.2, 0.25) is 0 Å². The number of hydrogen-bond donors (Lipinski definition) is 1. The Bertz CT molecular complexity index is 945. The number of nitrogens with zero attached hydrogens (tertiary/aromatic N) is 2. The van der Waals surface area contributed by atoms with Gasteiger partial charge in [-0.3, -0.25) is 9.78 Å². The predicted molar refractivity (Wildman–Crippen MR) is 102 cm³/mol. The average molecular weight is 380 g/mol. The molecule has 0 unspecified atom stereocenters. The summed E-state index contributed by atoms with van der Waals surface area (Å²) in [6.07, 6.45) is 6.04. The molecule has 0 radical (unpaired) electrons. The Kier molecular flexibility index (Phi) is 6.41. The number of esters is 1. The van der Waals surface area contributed by atoms with Crippen LogP contribution >= 0.6 is 0 Å². The van der Waals surface area contributed by atoms with Crippen molar-refractivity contribution in [3.8, 4) is 28.9 Å². The van der Waals surface area contributed by atoms with Crippen molar-refractivity contribution < 1.29 is 24.1 Å². The Morgan fingerprint density at radius 2 is 1.96 bits per heavy atom. The molecule has 0 bridgehead atoms. The maximum Gasteiger partial charge on any atom is 0.308 e. The van der Waals surface area contributed by atoms with Gasteiger partial charge in [0.15, 0.2) is 5.75 Å². The fraction of sp³-hybridized carbons (Fsp3) is 0.190. The van der Waals surface area contributed by atoms with Crippen LogP contribution in [0.3, 0.4) is 0 Å². The van der Waals surface area contributed by atoms with Crippen LogP contribution in [0.1, 0.15) is 18.9 Å². The highest BCUT2D eigenvalue weighted by Gasteiger charge is 2.09. The predicted octanol–water partition coefficient (Wildman–Crippen LogP) is 3.91. The summed E-state index contributed by atoms with van der Waals surface area (Å²) in [5.74, 6) is 1.46. The zero-order chi connectivity index (χ0) is 19.8. The molecular weight excluding hydrogens is 360 g/mol. The first-order valence-corrected chi connectivity index (χ1v) is 8.78. The van der Waals surface area contributed by atoms with E-state index in [4.69, 9.17) is 14.2 Å². The highest BCUT2D eigenvalue weighted by Crippen LogP contribution is 2.30. The van der Waals surface area contributed by atoms with Gasteiger partial charge in [0.1, 0.15) is 17.2 Å². The quantitative estimate of drug-likeness (QED) is 0.360. The molecule has 1 N–H and O–H groups in total. The lowest BCUT2D eigenvalue weighted by atomic mass is 10.1. The first-order valence-electron chi connectivity index (χ1n) is 8.78. The lowest BCUT2D eigenvalue weighted by Crippen LogP contribution is -2.02. The van der Waals surface area contributed by atoms with Crippen LogP contribution < -0.4 is 14.2 Å². The van der Waals surface area contributed by atoms with Crippen LogP contribution in [0.5, 0.6) is 28.9 Å². The number of aryl methyl sites for hydroxylation is 1. The van der Waals surface area contributed by atoms with Crippen LogP contribution in [-0.4, -0.2) is 27.7 Å². The molecule has 1 aromatic carbocycles. The Labute approximate surface area is 162 Å². The van der Waals surface area contributed by atoms with E-state index >= 15 is 0 Å². The zero-order valence-electron chi connectivity index (χ0n) is 15.4. The molecule has 0 spiro atoms. The second-order valence-electron chi connectivity index (χ2n) is 5.93. The van der Waals surface area contributed by atoms with Crippen molar-refractivity contribution in [3.05, 3.63) is 66.6 Å². The van der Waals surface area contributed by atoms with Crippen LogP contribution in [0.4, 0.5) is 0 Å². The van der Waals surface area contributed by atoms with E-state index in [1.165, 1.54) is 13.1 Å². The number of benzene rings is 1. The van der Waals surface area contributed by atoms with Crippen LogP contribution in [-0.2, 0) is 11.2 Å². The van der Waals surface area contributed by atoms with Crippen molar-refractivity contribution in [2.45, 2.75) is 19.8 Å². The normalized spacial score (nSPS) is 10.3. The summed E-state index contributed by atoms with van der Waals surface area (Å²) in [7, 11) is 0. The standard InChI is InChI=1S/C21H20N2O5/c1-15(24)27-17-6-2-7-18(13-17)28-21-20(8-3-10-23-21)26-12-4-5-16-9-11-22-14-19(16)25/h2-3,6-11,13-14,25H,4-5,12H2,1H3. The smallest absolute Gasteiger partial charge is 0.308 e. The molecule has 0 aliphatic rings. The van der Waals surface area contributed by atoms with Crippen molar-refractivity contribution in [1.82, 2.24) is 9.97 Å². The Morgan fingerprint density at radius 1 is 1.11 bits per heavy atom. The van der Waals surface area contributed by atoms with Crippen molar-refractivity contribution in [2.75, 3.05) is 6.61 Å². The minimum absolute atomic E-state index is 0.181. The molecule has 0 atom stereocenters. The molecule has 7 heteroatoms. The van der Waals surface area contributed by atoms with Gasteiger partial charge in [-0.25, -0.2) is 4.98 Å². The minimum atomic E-state index is -0.403. The Balaban J connectivity index is 1.60. The summed E-state index contributed by atoms with van der Waals surface area (Å²) >= 11 is 0. The van der Waals surface area contributed by atoms with E-state index in [0.717, 1.165) is 5.56 Å². The maximum atomic E-state index is 11.1. The van der Waals surface area contributed by atoms with Crippen LogP contribution in [0.15, 0.2) is 61.1 Å². The number of rotatable bonds is 8. The largest absolute Gasteiger partial charge is 0.506 e. The number of aromatic nitrogens is 2. The van der Waals surface area contributed by atoms with Crippen molar-refractivity contribution >= 4 is 5.97 Å².